The number of nitrogens with zero attached hydrogens (tertiary/aromatic N) is 2. The normalized spacial score (nSPS) is 14.1. The zero-order valence-electron chi connectivity index (χ0n) is 14.7. The predicted octanol–water partition coefficient (Wildman–Crippen LogP) is 2.15. The number of hydrogen-bond acceptors (Lipinski definition) is 5. The van der Waals surface area contributed by atoms with E-state index in [4.69, 9.17) is 5.14 Å². The van der Waals surface area contributed by atoms with E-state index in [0.29, 0.717) is 18.7 Å². The smallest absolute Gasteiger partial charge is 0.264 e. The standard InChI is InChI=1S/C19H17N3O4S2/c20-27(23,24)17-2-4-18(5-3-17)28(25,26)22-12-9-16-13-15(1-6-19(16)22)14-7-10-21-11-8-14/h1-8,10-11,13H,9,12H2,(H2,20,23,24). The first-order valence-corrected chi connectivity index (χ1v) is 11.4. The van der Waals surface area contributed by atoms with E-state index in [-0.39, 0.29) is 9.79 Å². The lowest BCUT2D eigenvalue weighted by atomic mass is 10.0. The minimum Gasteiger partial charge on any atom is -0.266 e. The summed E-state index contributed by atoms with van der Waals surface area (Å²) in [6.07, 6.45) is 4.03. The number of aromatic nitrogens is 1. The van der Waals surface area contributed by atoms with E-state index in [1.807, 2.05) is 24.3 Å². The first kappa shape index (κ1) is 18.6. The molecule has 2 N–H and O–H groups in total. The Morgan fingerprint density at radius 2 is 1.46 bits per heavy atom. The topological polar surface area (TPSA) is 110 Å². The van der Waals surface area contributed by atoms with Crippen LogP contribution in [0.3, 0.4) is 0 Å². The maximum absolute atomic E-state index is 13.1. The summed E-state index contributed by atoms with van der Waals surface area (Å²) in [7, 11) is -7.68. The Kier molecular flexibility index (Phi) is 4.45. The number of nitrogens with two attached hydrogens (primary N) is 1. The molecule has 1 aromatic heterocycles. The Morgan fingerprint density at radius 1 is 0.821 bits per heavy atom. The third-order valence-corrected chi connectivity index (χ3v) is 7.44. The number of rotatable bonds is 4. The van der Waals surface area contributed by atoms with Gasteiger partial charge in [-0.25, -0.2) is 22.0 Å². The van der Waals surface area contributed by atoms with Gasteiger partial charge in [0, 0.05) is 18.9 Å². The molecule has 1 aliphatic heterocycles. The number of primary sulfonamides is 1. The molecule has 0 aliphatic carbocycles. The molecule has 9 heteroatoms. The third-order valence-electron chi connectivity index (χ3n) is 4.69. The van der Waals surface area contributed by atoms with Gasteiger partial charge >= 0.3 is 0 Å². The molecule has 0 unspecified atom stereocenters. The van der Waals surface area contributed by atoms with Crippen molar-refractivity contribution in [3.8, 4) is 11.1 Å². The van der Waals surface area contributed by atoms with Crippen LogP contribution in [-0.2, 0) is 26.5 Å². The second kappa shape index (κ2) is 6.69. The van der Waals surface area contributed by atoms with Crippen LogP contribution in [-0.4, -0.2) is 28.4 Å². The van der Waals surface area contributed by atoms with Crippen LogP contribution in [0.1, 0.15) is 5.56 Å². The highest BCUT2D eigenvalue weighted by atomic mass is 32.2. The Balaban J connectivity index is 1.68. The van der Waals surface area contributed by atoms with Gasteiger partial charge in [0.05, 0.1) is 15.5 Å². The number of sulfonamides is 2. The van der Waals surface area contributed by atoms with Gasteiger partial charge in [-0.1, -0.05) is 6.07 Å². The van der Waals surface area contributed by atoms with Crippen molar-refractivity contribution < 1.29 is 16.8 Å². The van der Waals surface area contributed by atoms with Crippen LogP contribution in [0.2, 0.25) is 0 Å². The Hall–Kier alpha value is -2.75. The molecular weight excluding hydrogens is 398 g/mol. The third kappa shape index (κ3) is 3.28. The van der Waals surface area contributed by atoms with Crippen molar-refractivity contribution in [2.24, 2.45) is 5.14 Å². The van der Waals surface area contributed by atoms with Crippen LogP contribution in [0.15, 0.2) is 76.8 Å². The zero-order chi connectivity index (χ0) is 19.9. The minimum atomic E-state index is -3.88. The van der Waals surface area contributed by atoms with Gasteiger partial charge in [0.15, 0.2) is 0 Å². The summed E-state index contributed by atoms with van der Waals surface area (Å²) in [5.74, 6) is 0. The molecule has 0 amide bonds. The fraction of sp³-hybridized carbons (Fsp3) is 0.105. The van der Waals surface area contributed by atoms with Crippen LogP contribution in [0.25, 0.3) is 11.1 Å². The van der Waals surface area contributed by atoms with Gasteiger partial charge < -0.3 is 0 Å². The number of pyridine rings is 1. The highest BCUT2D eigenvalue weighted by Crippen LogP contribution is 2.35. The average Bonchev–Trinajstić information content (AvgIpc) is 3.12. The van der Waals surface area contributed by atoms with Crippen LogP contribution in [0, 0.1) is 0 Å². The molecule has 0 bridgehead atoms. The zero-order valence-corrected chi connectivity index (χ0v) is 16.3. The summed E-state index contributed by atoms with van der Waals surface area (Å²) in [6, 6.07) is 14.4. The Bertz CT molecular complexity index is 1240. The highest BCUT2D eigenvalue weighted by Gasteiger charge is 2.31. The lowest BCUT2D eigenvalue weighted by Gasteiger charge is -2.20. The molecule has 0 saturated carbocycles. The average molecular weight is 415 g/mol. The second-order valence-electron chi connectivity index (χ2n) is 6.42. The molecule has 0 radical (unpaired) electrons. The molecule has 2 aromatic carbocycles. The summed E-state index contributed by atoms with van der Waals surface area (Å²) in [5, 5.41) is 5.07. The molecule has 4 rings (SSSR count). The summed E-state index contributed by atoms with van der Waals surface area (Å²) in [5.41, 5.74) is 3.59. The van der Waals surface area contributed by atoms with Crippen molar-refractivity contribution in [2.75, 3.05) is 10.8 Å². The minimum absolute atomic E-state index is 0.0194. The van der Waals surface area contributed by atoms with E-state index in [2.05, 4.69) is 4.98 Å². The monoisotopic (exact) mass is 415 g/mol. The number of hydrogen-bond donors (Lipinski definition) is 1. The Morgan fingerprint density at radius 3 is 2.11 bits per heavy atom. The molecular formula is C19H17N3O4S2. The molecule has 2 heterocycles. The largest absolute Gasteiger partial charge is 0.266 e. The van der Waals surface area contributed by atoms with Crippen molar-refractivity contribution in [3.05, 3.63) is 72.6 Å². The van der Waals surface area contributed by atoms with E-state index in [9.17, 15) is 16.8 Å². The van der Waals surface area contributed by atoms with Gasteiger partial charge in [0.2, 0.25) is 10.0 Å². The molecule has 0 spiro atoms. The van der Waals surface area contributed by atoms with E-state index in [0.717, 1.165) is 16.7 Å². The van der Waals surface area contributed by atoms with Gasteiger partial charge in [-0.3, -0.25) is 9.29 Å². The quantitative estimate of drug-likeness (QED) is 0.702. The van der Waals surface area contributed by atoms with Gasteiger partial charge in [-0.05, 0) is 71.6 Å². The van der Waals surface area contributed by atoms with Crippen LogP contribution >= 0.6 is 0 Å². The number of benzene rings is 2. The fourth-order valence-corrected chi connectivity index (χ4v) is 5.29. The molecule has 28 heavy (non-hydrogen) atoms. The van der Waals surface area contributed by atoms with E-state index < -0.39 is 20.0 Å². The predicted molar refractivity (Wildman–Crippen MR) is 106 cm³/mol. The van der Waals surface area contributed by atoms with Gasteiger partial charge in [-0.15, -0.1) is 0 Å². The summed E-state index contributed by atoms with van der Waals surface area (Å²) in [6.45, 7) is 0.328. The van der Waals surface area contributed by atoms with Gasteiger partial charge in [-0.2, -0.15) is 0 Å². The molecule has 3 aromatic rings. The summed E-state index contributed by atoms with van der Waals surface area (Å²) in [4.78, 5) is 3.90. The molecule has 0 atom stereocenters. The van der Waals surface area contributed by atoms with Crippen LogP contribution < -0.4 is 9.44 Å². The first-order valence-electron chi connectivity index (χ1n) is 8.46. The number of anilines is 1. The van der Waals surface area contributed by atoms with Crippen LogP contribution in [0.4, 0.5) is 5.69 Å². The Labute approximate surface area is 163 Å². The van der Waals surface area contributed by atoms with E-state index in [1.165, 1.54) is 28.6 Å². The van der Waals surface area contributed by atoms with Crippen molar-refractivity contribution in [1.82, 2.24) is 4.98 Å². The molecule has 144 valence electrons. The van der Waals surface area contributed by atoms with Crippen molar-refractivity contribution >= 4 is 25.7 Å². The highest BCUT2D eigenvalue weighted by molar-refractivity contribution is 7.93. The summed E-state index contributed by atoms with van der Waals surface area (Å²) >= 11 is 0. The van der Waals surface area contributed by atoms with Gasteiger partial charge in [0.1, 0.15) is 0 Å². The number of fused-ring (bicyclic) bond motifs is 1. The molecule has 1 aliphatic rings. The molecule has 0 fully saturated rings. The van der Waals surface area contributed by atoms with E-state index in [1.54, 1.807) is 18.5 Å². The van der Waals surface area contributed by atoms with E-state index >= 15 is 0 Å². The molecule has 7 nitrogen and oxygen atoms in total. The molecule has 0 saturated heterocycles. The lowest BCUT2D eigenvalue weighted by Crippen LogP contribution is -2.29. The van der Waals surface area contributed by atoms with Crippen molar-refractivity contribution in [3.63, 3.8) is 0 Å². The first-order chi connectivity index (χ1) is 13.3. The van der Waals surface area contributed by atoms with Crippen molar-refractivity contribution in [2.45, 2.75) is 16.2 Å². The van der Waals surface area contributed by atoms with Gasteiger partial charge in [0.25, 0.3) is 10.0 Å². The lowest BCUT2D eigenvalue weighted by molar-refractivity contribution is 0.590. The van der Waals surface area contributed by atoms with Crippen LogP contribution in [0.5, 0.6) is 0 Å². The van der Waals surface area contributed by atoms with Crippen molar-refractivity contribution in [1.29, 1.82) is 0 Å². The summed E-state index contributed by atoms with van der Waals surface area (Å²) < 4.78 is 50.2. The maximum Gasteiger partial charge on any atom is 0.264 e. The second-order valence-corrected chi connectivity index (χ2v) is 9.85. The fourth-order valence-electron chi connectivity index (χ4n) is 3.27. The SMILES string of the molecule is NS(=O)(=O)c1ccc(S(=O)(=O)N2CCc3cc(-c4ccncc4)ccc32)cc1. The maximum atomic E-state index is 13.1.